The fraction of sp³-hybridized carbons (Fsp3) is 0.429. The molecule has 106 valence electrons. The largest absolute Gasteiger partial charge is 0.384 e. The summed E-state index contributed by atoms with van der Waals surface area (Å²) in [6, 6.07) is 2.08. The summed E-state index contributed by atoms with van der Waals surface area (Å²) in [6.45, 7) is 0.0698. The Kier molecular flexibility index (Phi) is 5.16. The molecule has 1 aliphatic carbocycles. The van der Waals surface area contributed by atoms with Gasteiger partial charge in [0.25, 0.3) is 5.91 Å². The van der Waals surface area contributed by atoms with Crippen molar-refractivity contribution in [2.75, 3.05) is 13.2 Å². The minimum Gasteiger partial charge on any atom is -0.384 e. The normalized spacial score (nSPS) is 13.2. The van der Waals surface area contributed by atoms with Gasteiger partial charge >= 0.3 is 0 Å². The van der Waals surface area contributed by atoms with E-state index in [1.54, 1.807) is 11.4 Å². The number of carbonyl (C=O) groups excluding carboxylic acids is 2. The Morgan fingerprint density at radius 2 is 2.25 bits per heavy atom. The summed E-state index contributed by atoms with van der Waals surface area (Å²) in [7, 11) is 0. The third-order valence-electron chi connectivity index (χ3n) is 2.75. The standard InChI is InChI=1S/C14H16N2O3S/c17-8-1-2-10-6-9-20-13(10)14(19)15-7-5-12(18)16-11-3-4-11/h6,9,11,17H,3-5,7-8H2,(H,15,19)(H,16,18). The number of carbonyl (C=O) groups is 2. The van der Waals surface area contributed by atoms with Gasteiger partial charge in [-0.05, 0) is 24.3 Å². The van der Waals surface area contributed by atoms with Gasteiger partial charge in [0.15, 0.2) is 0 Å². The van der Waals surface area contributed by atoms with Crippen LogP contribution in [0.2, 0.25) is 0 Å². The first-order chi connectivity index (χ1) is 9.70. The molecule has 1 aromatic heterocycles. The Morgan fingerprint density at radius 3 is 2.95 bits per heavy atom. The Hall–Kier alpha value is -1.84. The van der Waals surface area contributed by atoms with Gasteiger partial charge in [-0.25, -0.2) is 0 Å². The Morgan fingerprint density at radius 1 is 1.45 bits per heavy atom. The molecular formula is C14H16N2O3S. The molecule has 0 bridgehead atoms. The minimum atomic E-state index is -0.238. The molecule has 0 atom stereocenters. The van der Waals surface area contributed by atoms with Gasteiger partial charge < -0.3 is 15.7 Å². The quantitative estimate of drug-likeness (QED) is 0.691. The first-order valence-corrected chi connectivity index (χ1v) is 7.33. The predicted octanol–water partition coefficient (Wildman–Crippen LogP) is 0.490. The lowest BCUT2D eigenvalue weighted by atomic mass is 10.2. The highest BCUT2D eigenvalue weighted by atomic mass is 32.1. The second-order valence-electron chi connectivity index (χ2n) is 4.47. The van der Waals surface area contributed by atoms with Crippen molar-refractivity contribution < 1.29 is 14.7 Å². The second-order valence-corrected chi connectivity index (χ2v) is 5.39. The van der Waals surface area contributed by atoms with Crippen LogP contribution in [0.1, 0.15) is 34.5 Å². The van der Waals surface area contributed by atoms with Crippen molar-refractivity contribution in [1.82, 2.24) is 10.6 Å². The molecule has 5 nitrogen and oxygen atoms in total. The fourth-order valence-electron chi connectivity index (χ4n) is 1.62. The second kappa shape index (κ2) is 7.08. The predicted molar refractivity (Wildman–Crippen MR) is 76.4 cm³/mol. The van der Waals surface area contributed by atoms with E-state index in [-0.39, 0.29) is 24.8 Å². The van der Waals surface area contributed by atoms with E-state index in [0.29, 0.717) is 23.0 Å². The molecule has 1 saturated carbocycles. The maximum absolute atomic E-state index is 11.9. The SMILES string of the molecule is O=C(CCNC(=O)c1sccc1C#CCO)NC1CC1. The molecule has 1 aromatic rings. The molecule has 1 fully saturated rings. The zero-order chi connectivity index (χ0) is 14.4. The van der Waals surface area contributed by atoms with Gasteiger partial charge in [0.1, 0.15) is 11.5 Å². The lowest BCUT2D eigenvalue weighted by Crippen LogP contribution is -2.31. The molecule has 1 aliphatic rings. The molecule has 3 N–H and O–H groups in total. The highest BCUT2D eigenvalue weighted by molar-refractivity contribution is 7.12. The number of nitrogens with one attached hydrogen (secondary N) is 2. The summed E-state index contributed by atoms with van der Waals surface area (Å²) < 4.78 is 0. The van der Waals surface area contributed by atoms with Crippen LogP contribution in [0.15, 0.2) is 11.4 Å². The molecule has 0 radical (unpaired) electrons. The topological polar surface area (TPSA) is 78.4 Å². The van der Waals surface area contributed by atoms with Crippen molar-refractivity contribution in [3.05, 3.63) is 21.9 Å². The molecule has 6 heteroatoms. The van der Waals surface area contributed by atoms with Crippen molar-refractivity contribution in [3.8, 4) is 11.8 Å². The molecule has 20 heavy (non-hydrogen) atoms. The van der Waals surface area contributed by atoms with Crippen molar-refractivity contribution in [3.63, 3.8) is 0 Å². The molecule has 0 saturated heterocycles. The van der Waals surface area contributed by atoms with Gasteiger partial charge in [-0.3, -0.25) is 9.59 Å². The molecule has 0 aromatic carbocycles. The summed E-state index contributed by atoms with van der Waals surface area (Å²) in [5, 5.41) is 16.0. The lowest BCUT2D eigenvalue weighted by molar-refractivity contribution is -0.121. The average molecular weight is 292 g/mol. The van der Waals surface area contributed by atoms with Crippen LogP contribution in [0.5, 0.6) is 0 Å². The summed E-state index contributed by atoms with van der Waals surface area (Å²) in [5.41, 5.74) is 0.601. The van der Waals surface area contributed by atoms with Gasteiger partial charge in [0, 0.05) is 24.6 Å². The molecule has 0 unspecified atom stereocenters. The maximum Gasteiger partial charge on any atom is 0.262 e. The number of hydrogen-bond donors (Lipinski definition) is 3. The monoisotopic (exact) mass is 292 g/mol. The van der Waals surface area contributed by atoms with E-state index < -0.39 is 0 Å². The number of amides is 2. The molecular weight excluding hydrogens is 276 g/mol. The number of hydrogen-bond acceptors (Lipinski definition) is 4. The van der Waals surface area contributed by atoms with E-state index in [0.717, 1.165) is 12.8 Å². The minimum absolute atomic E-state index is 0.0284. The van der Waals surface area contributed by atoms with Crippen molar-refractivity contribution in [2.24, 2.45) is 0 Å². The highest BCUT2D eigenvalue weighted by Crippen LogP contribution is 2.18. The van der Waals surface area contributed by atoms with Crippen LogP contribution in [0, 0.1) is 11.8 Å². The third-order valence-corrected chi connectivity index (χ3v) is 3.67. The Bertz CT molecular complexity index is 552. The number of thiophene rings is 1. The highest BCUT2D eigenvalue weighted by Gasteiger charge is 2.22. The van der Waals surface area contributed by atoms with Crippen LogP contribution in [0.3, 0.4) is 0 Å². The number of rotatable bonds is 5. The van der Waals surface area contributed by atoms with Crippen LogP contribution < -0.4 is 10.6 Å². The smallest absolute Gasteiger partial charge is 0.262 e. The van der Waals surface area contributed by atoms with E-state index in [1.807, 2.05) is 0 Å². The fourth-order valence-corrected chi connectivity index (χ4v) is 2.38. The van der Waals surface area contributed by atoms with Gasteiger partial charge in [-0.15, -0.1) is 11.3 Å². The zero-order valence-electron chi connectivity index (χ0n) is 10.9. The Labute approximate surface area is 121 Å². The van der Waals surface area contributed by atoms with Crippen LogP contribution in [-0.2, 0) is 4.79 Å². The third kappa shape index (κ3) is 4.37. The van der Waals surface area contributed by atoms with Crippen LogP contribution >= 0.6 is 11.3 Å². The Balaban J connectivity index is 1.79. The average Bonchev–Trinajstić information content (AvgIpc) is 3.10. The molecule has 2 rings (SSSR count). The molecule has 0 spiro atoms. The zero-order valence-corrected chi connectivity index (χ0v) is 11.8. The van der Waals surface area contributed by atoms with Gasteiger partial charge in [0.05, 0.1) is 0 Å². The summed E-state index contributed by atoms with van der Waals surface area (Å²) in [6.07, 6.45) is 2.39. The molecule has 2 amide bonds. The van der Waals surface area contributed by atoms with E-state index in [2.05, 4.69) is 22.5 Å². The number of aliphatic hydroxyl groups excluding tert-OH is 1. The summed E-state index contributed by atoms with van der Waals surface area (Å²) in [4.78, 5) is 23.9. The van der Waals surface area contributed by atoms with E-state index >= 15 is 0 Å². The van der Waals surface area contributed by atoms with E-state index in [1.165, 1.54) is 11.3 Å². The van der Waals surface area contributed by atoms with Crippen molar-refractivity contribution >= 4 is 23.2 Å². The molecule has 0 aliphatic heterocycles. The van der Waals surface area contributed by atoms with E-state index in [9.17, 15) is 9.59 Å². The van der Waals surface area contributed by atoms with Crippen molar-refractivity contribution in [1.29, 1.82) is 0 Å². The van der Waals surface area contributed by atoms with E-state index in [4.69, 9.17) is 5.11 Å². The van der Waals surface area contributed by atoms with Gasteiger partial charge in [-0.2, -0.15) is 0 Å². The number of aliphatic hydroxyl groups is 1. The van der Waals surface area contributed by atoms with Crippen LogP contribution in [0.25, 0.3) is 0 Å². The van der Waals surface area contributed by atoms with Gasteiger partial charge in [0.2, 0.25) is 5.91 Å². The molecule has 1 heterocycles. The maximum atomic E-state index is 11.9. The van der Waals surface area contributed by atoms with Gasteiger partial charge in [-0.1, -0.05) is 11.8 Å². The summed E-state index contributed by atoms with van der Waals surface area (Å²) >= 11 is 1.29. The van der Waals surface area contributed by atoms with Crippen molar-refractivity contribution in [2.45, 2.75) is 25.3 Å². The lowest BCUT2D eigenvalue weighted by Gasteiger charge is -2.05. The first kappa shape index (κ1) is 14.6. The van der Waals surface area contributed by atoms with Crippen LogP contribution in [0.4, 0.5) is 0 Å². The first-order valence-electron chi connectivity index (χ1n) is 6.45. The van der Waals surface area contributed by atoms with Crippen LogP contribution in [-0.4, -0.2) is 36.1 Å². The summed E-state index contributed by atoms with van der Waals surface area (Å²) in [5.74, 6) is 4.98.